The van der Waals surface area contributed by atoms with E-state index in [9.17, 15) is 24.0 Å². The number of likely N-dealkylation sites (N-methyl/N-ethyl adjacent to an activating group) is 2. The van der Waals surface area contributed by atoms with Gasteiger partial charge in [-0.05, 0) is 31.4 Å². The highest BCUT2D eigenvalue weighted by molar-refractivity contribution is 6.76. The van der Waals surface area contributed by atoms with Crippen LogP contribution in [0.2, 0.25) is 51.4 Å². The predicted octanol–water partition coefficient (Wildman–Crippen LogP) is 2.13. The molecule has 18 heteroatoms. The molecule has 1 unspecified atom stereocenters. The zero-order chi connectivity index (χ0) is 40.3. The van der Waals surface area contributed by atoms with Gasteiger partial charge in [0.15, 0.2) is 11.6 Å². The summed E-state index contributed by atoms with van der Waals surface area (Å²) in [6.07, 6.45) is 5.93. The maximum Gasteiger partial charge on any atom is 0.295 e. The molecule has 0 aliphatic carbocycles. The number of nitrogens with zero attached hydrogens (tertiary/aromatic N) is 8. The van der Waals surface area contributed by atoms with Crippen LogP contribution in [0.5, 0.6) is 0 Å². The lowest BCUT2D eigenvalue weighted by atomic mass is 10.2. The third-order valence-corrected chi connectivity index (χ3v) is 13.2. The summed E-state index contributed by atoms with van der Waals surface area (Å²) in [5.74, 6) is 0.179. The Bertz CT molecular complexity index is 1740. The highest BCUT2D eigenvalue weighted by Crippen LogP contribution is 2.17. The van der Waals surface area contributed by atoms with Gasteiger partial charge in [-0.25, -0.2) is 9.97 Å². The van der Waals surface area contributed by atoms with E-state index in [4.69, 9.17) is 19.2 Å². The van der Waals surface area contributed by atoms with Crippen molar-refractivity contribution in [3.8, 4) is 0 Å². The number of anilines is 2. The van der Waals surface area contributed by atoms with Crippen LogP contribution < -0.4 is 20.9 Å². The van der Waals surface area contributed by atoms with Crippen LogP contribution in [-0.4, -0.2) is 142 Å². The SMILES string of the molecule is CN1CCN(c2nc(CCCOCC3CN(c4nc(CCC=O)cn(COCC[Si](C)(C)C)c4=O)CC(=O)N3C)cn(COCC[Si](C)(C)C)c2=O)CC1=O. The van der Waals surface area contributed by atoms with E-state index in [0.717, 1.165) is 18.4 Å². The van der Waals surface area contributed by atoms with Gasteiger partial charge in [0.25, 0.3) is 11.1 Å². The van der Waals surface area contributed by atoms with Gasteiger partial charge < -0.3 is 38.6 Å². The lowest BCUT2D eigenvalue weighted by Crippen LogP contribution is -2.57. The molecule has 16 nitrogen and oxygen atoms in total. The number of piperazine rings is 2. The second-order valence-corrected chi connectivity index (χ2v) is 28.3. The molecule has 2 aromatic rings. The van der Waals surface area contributed by atoms with E-state index in [2.05, 4.69) is 44.3 Å². The summed E-state index contributed by atoms with van der Waals surface area (Å²) in [5.41, 5.74) is 0.631. The average molecular weight is 803 g/mol. The summed E-state index contributed by atoms with van der Waals surface area (Å²) in [4.78, 5) is 80.0. The molecule has 306 valence electrons. The Balaban J connectivity index is 1.40. The highest BCUT2D eigenvalue weighted by Gasteiger charge is 2.33. The van der Waals surface area contributed by atoms with Crippen molar-refractivity contribution >= 4 is 45.9 Å². The fraction of sp³-hybridized carbons (Fsp3) is 0.703. The fourth-order valence-corrected chi connectivity index (χ4v) is 7.57. The molecule has 0 radical (unpaired) electrons. The van der Waals surface area contributed by atoms with Crippen LogP contribution in [0.3, 0.4) is 0 Å². The lowest BCUT2D eigenvalue weighted by Gasteiger charge is -2.39. The smallest absolute Gasteiger partial charge is 0.295 e. The molecular formula is C37H62N8O8Si2. The summed E-state index contributed by atoms with van der Waals surface area (Å²) in [6.45, 7) is 16.9. The normalized spacial score (nSPS) is 17.1. The molecular weight excluding hydrogens is 741 g/mol. The summed E-state index contributed by atoms with van der Waals surface area (Å²) in [5, 5.41) is 0. The number of ether oxygens (including phenoxy) is 3. The van der Waals surface area contributed by atoms with Gasteiger partial charge >= 0.3 is 0 Å². The minimum absolute atomic E-state index is 0.00662. The predicted molar refractivity (Wildman–Crippen MR) is 217 cm³/mol. The Labute approximate surface area is 326 Å². The number of amides is 2. The minimum atomic E-state index is -1.32. The first kappa shape index (κ1) is 44.0. The van der Waals surface area contributed by atoms with Gasteiger partial charge in [0, 0.05) is 88.5 Å². The number of aldehydes is 1. The van der Waals surface area contributed by atoms with Crippen molar-refractivity contribution < 1.29 is 28.6 Å². The van der Waals surface area contributed by atoms with Crippen LogP contribution in [0.4, 0.5) is 11.6 Å². The zero-order valence-corrected chi connectivity index (χ0v) is 36.2. The Hall–Kier alpha value is -3.72. The van der Waals surface area contributed by atoms with Crippen molar-refractivity contribution in [3.05, 3.63) is 44.5 Å². The van der Waals surface area contributed by atoms with Gasteiger partial charge in [-0.1, -0.05) is 39.3 Å². The number of carbonyl (C=O) groups is 3. The molecule has 55 heavy (non-hydrogen) atoms. The van der Waals surface area contributed by atoms with Crippen LogP contribution >= 0.6 is 0 Å². The molecule has 1 atom stereocenters. The molecule has 4 rings (SSSR count). The molecule has 2 aliphatic heterocycles. The zero-order valence-electron chi connectivity index (χ0n) is 34.2. The van der Waals surface area contributed by atoms with Crippen LogP contribution in [0.15, 0.2) is 22.0 Å². The van der Waals surface area contributed by atoms with Crippen molar-refractivity contribution in [3.63, 3.8) is 0 Å². The largest absolute Gasteiger partial charge is 0.379 e. The molecule has 0 saturated carbocycles. The Morgan fingerprint density at radius 2 is 1.27 bits per heavy atom. The number of carbonyl (C=O) groups excluding carboxylic acids is 3. The third-order valence-electron chi connectivity index (χ3n) is 9.77. The monoisotopic (exact) mass is 802 g/mol. The van der Waals surface area contributed by atoms with Crippen LogP contribution in [0.1, 0.15) is 24.2 Å². The Morgan fingerprint density at radius 1 is 0.727 bits per heavy atom. The first-order valence-corrected chi connectivity index (χ1v) is 26.7. The minimum Gasteiger partial charge on any atom is -0.379 e. The third kappa shape index (κ3) is 13.5. The standard InChI is InChI=1S/C37H62N8O8Si2/c1-40-13-14-42(24-32(40)47)34-36(49)44(27-52-17-19-54(3,4)5)22-30(38-34)12-10-16-51-26-31-23-43(25-33(48)41(31)2)35-37(50)45(21-29(39-35)11-9-15-46)28-53-18-20-55(6,7)8/h15,21-22,31H,9-14,16-20,23-28H2,1-8H3. The van der Waals surface area contributed by atoms with Crippen molar-refractivity contribution in [1.29, 1.82) is 0 Å². The number of aromatic nitrogens is 4. The van der Waals surface area contributed by atoms with Crippen LogP contribution in [0, 0.1) is 0 Å². The van der Waals surface area contributed by atoms with E-state index in [-0.39, 0.29) is 80.2 Å². The number of rotatable bonds is 21. The van der Waals surface area contributed by atoms with Crippen LogP contribution in [-0.2, 0) is 54.9 Å². The molecule has 2 aliphatic rings. The topological polar surface area (TPSA) is 162 Å². The first-order chi connectivity index (χ1) is 26.0. The second kappa shape index (κ2) is 19.9. The van der Waals surface area contributed by atoms with Gasteiger partial charge in [-0.15, -0.1) is 0 Å². The van der Waals surface area contributed by atoms with Gasteiger partial charge in [-0.2, -0.15) is 0 Å². The van der Waals surface area contributed by atoms with Gasteiger partial charge in [0.1, 0.15) is 19.7 Å². The van der Waals surface area contributed by atoms with E-state index in [1.807, 2.05) is 0 Å². The van der Waals surface area contributed by atoms with E-state index in [1.54, 1.807) is 46.1 Å². The van der Waals surface area contributed by atoms with Gasteiger partial charge in [0.2, 0.25) is 11.8 Å². The maximum atomic E-state index is 13.6. The van der Waals surface area contributed by atoms with E-state index < -0.39 is 16.1 Å². The molecule has 2 fully saturated rings. The van der Waals surface area contributed by atoms with E-state index in [1.165, 1.54) is 9.13 Å². The molecule has 2 saturated heterocycles. The maximum absolute atomic E-state index is 13.6. The molecule has 0 N–H and O–H groups in total. The van der Waals surface area contributed by atoms with Gasteiger partial charge in [-0.3, -0.25) is 28.3 Å². The summed E-state index contributed by atoms with van der Waals surface area (Å²) in [6, 6.07) is 1.60. The van der Waals surface area contributed by atoms with E-state index in [0.29, 0.717) is 70.1 Å². The fourth-order valence-electron chi connectivity index (χ4n) is 6.05. The van der Waals surface area contributed by atoms with Crippen molar-refractivity contribution in [2.24, 2.45) is 0 Å². The Kier molecular flexibility index (Phi) is 15.9. The first-order valence-electron chi connectivity index (χ1n) is 19.3. The number of hydrogen-bond acceptors (Lipinski definition) is 12. The molecule has 2 amide bonds. The highest BCUT2D eigenvalue weighted by atomic mass is 28.3. The van der Waals surface area contributed by atoms with Gasteiger partial charge in [0.05, 0.1) is 37.1 Å². The quantitative estimate of drug-likeness (QED) is 0.103. The van der Waals surface area contributed by atoms with Crippen molar-refractivity contribution in [2.45, 2.75) is 96.6 Å². The van der Waals surface area contributed by atoms with Crippen molar-refractivity contribution in [1.82, 2.24) is 28.9 Å². The Morgan fingerprint density at radius 3 is 1.82 bits per heavy atom. The molecule has 0 bridgehead atoms. The van der Waals surface area contributed by atoms with E-state index >= 15 is 0 Å². The molecule has 2 aromatic heterocycles. The number of aryl methyl sites for hydroxylation is 2. The second-order valence-electron chi connectivity index (χ2n) is 17.0. The number of hydrogen-bond donors (Lipinski definition) is 0. The molecule has 0 aromatic carbocycles. The summed E-state index contributed by atoms with van der Waals surface area (Å²) < 4.78 is 20.9. The molecule has 4 heterocycles. The summed E-state index contributed by atoms with van der Waals surface area (Å²) in [7, 11) is 0.859. The average Bonchev–Trinajstić information content (AvgIpc) is 3.11. The summed E-state index contributed by atoms with van der Waals surface area (Å²) >= 11 is 0. The molecule has 0 spiro atoms. The van der Waals surface area contributed by atoms with Crippen LogP contribution in [0.25, 0.3) is 0 Å². The van der Waals surface area contributed by atoms with Crippen molar-refractivity contribution in [2.75, 3.05) is 83.0 Å². The lowest BCUT2D eigenvalue weighted by molar-refractivity contribution is -0.133.